The van der Waals surface area contributed by atoms with Crippen LogP contribution >= 0.6 is 0 Å². The van der Waals surface area contributed by atoms with E-state index in [-0.39, 0.29) is 11.0 Å². The minimum absolute atomic E-state index is 0.164. The van der Waals surface area contributed by atoms with Gasteiger partial charge in [-0.15, -0.1) is 0 Å². The third-order valence-corrected chi connectivity index (χ3v) is 14.2. The Bertz CT molecular complexity index is 910. The van der Waals surface area contributed by atoms with E-state index in [0.717, 1.165) is 29.6 Å². The fourth-order valence-electron chi connectivity index (χ4n) is 11.7. The second-order valence-corrected chi connectivity index (χ2v) is 15.8. The summed E-state index contributed by atoms with van der Waals surface area (Å²) in [4.78, 5) is 0. The van der Waals surface area contributed by atoms with E-state index in [1.807, 2.05) is 0 Å². The average molecular weight is 494 g/mol. The van der Waals surface area contributed by atoms with Crippen LogP contribution in [0.15, 0.2) is 23.3 Å². The largest absolute Gasteiger partial charge is 0.325 e. The van der Waals surface area contributed by atoms with E-state index < -0.39 is 0 Å². The molecule has 0 bridgehead atoms. The number of allylic oxidation sites excluding steroid dienone is 4. The summed E-state index contributed by atoms with van der Waals surface area (Å²) in [6.45, 7) is 20.6. The number of rotatable bonds is 5. The van der Waals surface area contributed by atoms with Gasteiger partial charge in [0, 0.05) is 5.54 Å². The van der Waals surface area contributed by atoms with Crippen LogP contribution in [0.3, 0.4) is 0 Å². The molecular formula is C35H59N. The van der Waals surface area contributed by atoms with Gasteiger partial charge in [-0.1, -0.05) is 80.4 Å². The van der Waals surface area contributed by atoms with Gasteiger partial charge >= 0.3 is 0 Å². The Morgan fingerprint density at radius 3 is 2.36 bits per heavy atom. The predicted octanol–water partition coefficient (Wildman–Crippen LogP) is 9.86. The van der Waals surface area contributed by atoms with Crippen molar-refractivity contribution in [2.45, 2.75) is 144 Å². The second kappa shape index (κ2) is 8.99. The zero-order chi connectivity index (χ0) is 26.1. The van der Waals surface area contributed by atoms with Crippen molar-refractivity contribution in [3.05, 3.63) is 23.3 Å². The molecule has 0 aromatic carbocycles. The lowest BCUT2D eigenvalue weighted by molar-refractivity contribution is -0.216. The van der Waals surface area contributed by atoms with Gasteiger partial charge in [-0.3, -0.25) is 0 Å². The van der Waals surface area contributed by atoms with Crippen molar-refractivity contribution in [2.75, 3.05) is 0 Å². The second-order valence-electron chi connectivity index (χ2n) is 15.8. The van der Waals surface area contributed by atoms with Crippen LogP contribution in [0.25, 0.3) is 0 Å². The van der Waals surface area contributed by atoms with Gasteiger partial charge in [0.2, 0.25) is 0 Å². The van der Waals surface area contributed by atoms with Crippen LogP contribution in [0.5, 0.6) is 0 Å². The van der Waals surface area contributed by atoms with Crippen LogP contribution in [0.4, 0.5) is 0 Å². The lowest BCUT2D eigenvalue weighted by Gasteiger charge is -2.72. The van der Waals surface area contributed by atoms with Gasteiger partial charge in [-0.25, -0.2) is 0 Å². The van der Waals surface area contributed by atoms with Gasteiger partial charge in [0.15, 0.2) is 0 Å². The molecule has 36 heavy (non-hydrogen) atoms. The van der Waals surface area contributed by atoms with E-state index in [0.29, 0.717) is 16.2 Å². The number of hydrogen-bond acceptors (Lipinski definition) is 1. The Kier molecular flexibility index (Phi) is 6.75. The standard InChI is InChI=1S/C35H59N/c1-9-24(3)13-14-25(10-2)26-17-20-32(6)29(31(26,4)5)18-21-34(8)30(32)16-15-27-28-12-11-19-35(28,36)23-22-33(27,34)7/h14,17,24,27-30H,9-13,15-16,18-23,36H2,1-8H3/b25-14+/t24?,27?,28-,29?,30?,32?,33-,34?,35?/m1/s1. The van der Waals surface area contributed by atoms with E-state index in [2.05, 4.69) is 67.5 Å². The predicted molar refractivity (Wildman–Crippen MR) is 156 cm³/mol. The van der Waals surface area contributed by atoms with Crippen LogP contribution in [0, 0.1) is 51.2 Å². The molecule has 1 heteroatoms. The van der Waals surface area contributed by atoms with Gasteiger partial charge in [-0.2, -0.15) is 0 Å². The van der Waals surface area contributed by atoms with Crippen LogP contribution in [0.2, 0.25) is 0 Å². The summed E-state index contributed by atoms with van der Waals surface area (Å²) < 4.78 is 0. The Hall–Kier alpha value is -0.560. The van der Waals surface area contributed by atoms with Crippen LogP contribution in [-0.4, -0.2) is 5.54 Å². The summed E-state index contributed by atoms with van der Waals surface area (Å²) in [5.41, 5.74) is 12.3. The first-order valence-electron chi connectivity index (χ1n) is 16.1. The smallest absolute Gasteiger partial charge is 0.0185 e. The monoisotopic (exact) mass is 493 g/mol. The molecule has 0 aromatic rings. The first-order chi connectivity index (χ1) is 16.9. The lowest BCUT2D eigenvalue weighted by Crippen LogP contribution is -2.66. The quantitative estimate of drug-likeness (QED) is 0.405. The van der Waals surface area contributed by atoms with Gasteiger partial charge in [0.25, 0.3) is 0 Å². The Morgan fingerprint density at radius 2 is 1.67 bits per heavy atom. The van der Waals surface area contributed by atoms with Crippen LogP contribution in [-0.2, 0) is 0 Å². The topological polar surface area (TPSA) is 26.0 Å². The minimum Gasteiger partial charge on any atom is -0.325 e. The lowest BCUT2D eigenvalue weighted by atomic mass is 9.33. The van der Waals surface area contributed by atoms with E-state index in [4.69, 9.17) is 5.73 Å². The number of hydrogen-bond donors (Lipinski definition) is 1. The molecular weight excluding hydrogens is 434 g/mol. The summed E-state index contributed by atoms with van der Waals surface area (Å²) in [7, 11) is 0. The van der Waals surface area contributed by atoms with Gasteiger partial charge in [0.05, 0.1) is 0 Å². The SMILES string of the molecule is CC/C(=C\CC(C)CC)C1=CCC2(C)C(CCC3(C)C2CCC2[C@H]4CCCC4(N)CC[C@]23C)C1(C)C. The molecule has 2 N–H and O–H groups in total. The van der Waals surface area contributed by atoms with Crippen LogP contribution < -0.4 is 5.73 Å². The summed E-state index contributed by atoms with van der Waals surface area (Å²) in [5.74, 6) is 4.08. The van der Waals surface area contributed by atoms with Crippen molar-refractivity contribution in [2.24, 2.45) is 57.0 Å². The molecule has 9 atom stereocenters. The summed E-state index contributed by atoms with van der Waals surface area (Å²) in [6, 6.07) is 0. The molecule has 4 saturated carbocycles. The zero-order valence-electron chi connectivity index (χ0n) is 25.3. The third-order valence-electron chi connectivity index (χ3n) is 14.2. The Morgan fingerprint density at radius 1 is 0.917 bits per heavy atom. The highest BCUT2D eigenvalue weighted by Gasteiger charge is 2.69. The number of fused-ring (bicyclic) bond motifs is 7. The molecule has 7 unspecified atom stereocenters. The summed E-state index contributed by atoms with van der Waals surface area (Å²) in [6.07, 6.45) is 22.8. The highest BCUT2D eigenvalue weighted by Crippen LogP contribution is 2.75. The minimum atomic E-state index is 0.164. The molecule has 0 spiro atoms. The maximum atomic E-state index is 7.10. The fourth-order valence-corrected chi connectivity index (χ4v) is 11.7. The molecule has 204 valence electrons. The molecule has 5 rings (SSSR count). The Balaban J connectivity index is 1.48. The Labute approximate surface area is 224 Å². The van der Waals surface area contributed by atoms with Crippen molar-refractivity contribution in [3.63, 3.8) is 0 Å². The highest BCUT2D eigenvalue weighted by molar-refractivity contribution is 5.40. The molecule has 4 fully saturated rings. The molecule has 5 aliphatic rings. The summed E-state index contributed by atoms with van der Waals surface area (Å²) >= 11 is 0. The van der Waals surface area contributed by atoms with Crippen molar-refractivity contribution in [3.8, 4) is 0 Å². The fraction of sp³-hybridized carbons (Fsp3) is 0.886. The average Bonchev–Trinajstić information content (AvgIpc) is 3.22. The van der Waals surface area contributed by atoms with Gasteiger partial charge in [0.1, 0.15) is 0 Å². The van der Waals surface area contributed by atoms with Crippen molar-refractivity contribution >= 4 is 0 Å². The van der Waals surface area contributed by atoms with E-state index in [1.165, 1.54) is 83.5 Å². The van der Waals surface area contributed by atoms with E-state index in [1.54, 1.807) is 11.1 Å². The summed E-state index contributed by atoms with van der Waals surface area (Å²) in [5, 5.41) is 0. The molecule has 0 heterocycles. The van der Waals surface area contributed by atoms with Crippen molar-refractivity contribution in [1.29, 1.82) is 0 Å². The molecule has 0 amide bonds. The molecule has 5 aliphatic carbocycles. The molecule has 1 nitrogen and oxygen atoms in total. The normalized spacial score (nSPS) is 48.8. The maximum Gasteiger partial charge on any atom is 0.0185 e. The zero-order valence-corrected chi connectivity index (χ0v) is 25.3. The van der Waals surface area contributed by atoms with E-state index in [9.17, 15) is 0 Å². The highest BCUT2D eigenvalue weighted by atomic mass is 14.8. The van der Waals surface area contributed by atoms with Crippen molar-refractivity contribution < 1.29 is 0 Å². The first-order valence-corrected chi connectivity index (χ1v) is 16.1. The molecule has 0 aliphatic heterocycles. The van der Waals surface area contributed by atoms with E-state index >= 15 is 0 Å². The molecule has 0 radical (unpaired) electrons. The number of nitrogens with two attached hydrogens (primary N) is 1. The van der Waals surface area contributed by atoms with Crippen LogP contribution in [0.1, 0.15) is 139 Å². The maximum absolute atomic E-state index is 7.10. The first kappa shape index (κ1) is 27.0. The third kappa shape index (κ3) is 3.63. The van der Waals surface area contributed by atoms with Gasteiger partial charge in [-0.05, 0) is 133 Å². The molecule has 0 saturated heterocycles. The van der Waals surface area contributed by atoms with Crippen molar-refractivity contribution in [1.82, 2.24) is 0 Å². The molecule has 0 aromatic heterocycles. The van der Waals surface area contributed by atoms with Gasteiger partial charge < -0.3 is 5.73 Å².